The lowest BCUT2D eigenvalue weighted by Gasteiger charge is -2.31. The smallest absolute Gasteiger partial charge is 0.266 e. The molecule has 0 aliphatic heterocycles. The Morgan fingerprint density at radius 1 is 0.921 bits per heavy atom. The van der Waals surface area contributed by atoms with E-state index in [-0.39, 0.29) is 17.3 Å². The summed E-state index contributed by atoms with van der Waals surface area (Å²) in [4.78, 5) is 36.1. The average Bonchev–Trinajstić information content (AvgIpc) is 2.90. The zero-order valence-electron chi connectivity index (χ0n) is 23.5. The first-order valence-electron chi connectivity index (χ1n) is 14.0. The largest absolute Gasteiger partial charge is 0.333 e. The number of hydrogen-bond donors (Lipinski definition) is 0. The Hall–Kier alpha value is -3.06. The van der Waals surface area contributed by atoms with Crippen molar-refractivity contribution in [3.63, 3.8) is 0 Å². The molecule has 2 aromatic carbocycles. The molecule has 1 heterocycles. The van der Waals surface area contributed by atoms with Crippen LogP contribution in [0.25, 0.3) is 16.6 Å². The first-order valence-corrected chi connectivity index (χ1v) is 14.0. The Bertz CT molecular complexity index is 1220. The van der Waals surface area contributed by atoms with E-state index in [1.165, 1.54) is 42.4 Å². The van der Waals surface area contributed by atoms with Gasteiger partial charge in [-0.25, -0.2) is 9.37 Å². The van der Waals surface area contributed by atoms with Crippen LogP contribution in [0.3, 0.4) is 0 Å². The fourth-order valence-corrected chi connectivity index (χ4v) is 4.88. The Morgan fingerprint density at radius 3 is 2.26 bits per heavy atom. The second kappa shape index (κ2) is 14.8. The van der Waals surface area contributed by atoms with E-state index in [0.717, 1.165) is 32.2 Å². The van der Waals surface area contributed by atoms with E-state index in [0.29, 0.717) is 35.4 Å². The molecule has 1 aromatic heterocycles. The van der Waals surface area contributed by atoms with E-state index in [2.05, 4.69) is 11.8 Å². The van der Waals surface area contributed by atoms with Crippen molar-refractivity contribution in [1.82, 2.24) is 19.4 Å². The Morgan fingerprint density at radius 2 is 1.58 bits per heavy atom. The highest BCUT2D eigenvalue weighted by molar-refractivity contribution is 5.79. The number of rotatable bonds is 15. The molecule has 0 bridgehead atoms. The summed E-state index contributed by atoms with van der Waals surface area (Å²) in [6.45, 7) is 5.57. The van der Waals surface area contributed by atoms with E-state index in [1.54, 1.807) is 18.2 Å². The quantitative estimate of drug-likeness (QED) is 0.214. The minimum atomic E-state index is -0.434. The van der Waals surface area contributed by atoms with Gasteiger partial charge in [0.05, 0.1) is 22.6 Å². The molecule has 1 atom stereocenters. The Balaban J connectivity index is 1.92. The van der Waals surface area contributed by atoms with Crippen molar-refractivity contribution in [2.75, 3.05) is 27.2 Å². The monoisotopic (exact) mass is 522 g/mol. The van der Waals surface area contributed by atoms with E-state index in [4.69, 9.17) is 4.98 Å². The maximum Gasteiger partial charge on any atom is 0.266 e. The molecule has 0 spiro atoms. The third-order valence-electron chi connectivity index (χ3n) is 7.05. The lowest BCUT2D eigenvalue weighted by molar-refractivity contribution is -0.133. The maximum atomic E-state index is 13.7. The lowest BCUT2D eigenvalue weighted by Crippen LogP contribution is -2.38. The average molecular weight is 523 g/mol. The number of para-hydroxylation sites is 1. The highest BCUT2D eigenvalue weighted by Gasteiger charge is 2.26. The molecule has 6 nitrogen and oxygen atoms in total. The van der Waals surface area contributed by atoms with Crippen LogP contribution in [-0.4, -0.2) is 52.4 Å². The number of hydrogen-bond acceptors (Lipinski definition) is 4. The minimum Gasteiger partial charge on any atom is -0.333 e. The highest BCUT2D eigenvalue weighted by Crippen LogP contribution is 2.24. The van der Waals surface area contributed by atoms with Crippen LogP contribution in [0.4, 0.5) is 4.39 Å². The molecule has 0 radical (unpaired) electrons. The van der Waals surface area contributed by atoms with Crippen LogP contribution in [-0.2, 0) is 4.79 Å². The summed E-state index contributed by atoms with van der Waals surface area (Å²) < 4.78 is 15.3. The van der Waals surface area contributed by atoms with Crippen LogP contribution in [0.5, 0.6) is 0 Å². The summed E-state index contributed by atoms with van der Waals surface area (Å²) in [5, 5.41) is 0.487. The van der Waals surface area contributed by atoms with Gasteiger partial charge in [0.25, 0.3) is 5.56 Å². The SMILES string of the molecule is CCCCCCCCCC(=O)N(CCCN(C)C)C(C)c1nc2ccccc2c(=O)n1-c1ccc(F)cc1. The maximum absolute atomic E-state index is 13.7. The van der Waals surface area contributed by atoms with E-state index < -0.39 is 6.04 Å². The molecule has 0 aliphatic rings. The van der Waals surface area contributed by atoms with Gasteiger partial charge in [-0.05, 0) is 76.8 Å². The van der Waals surface area contributed by atoms with Gasteiger partial charge in [-0.15, -0.1) is 0 Å². The number of carbonyl (C=O) groups excluding carboxylic acids is 1. The Kier molecular flexibility index (Phi) is 11.5. The molecule has 0 fully saturated rings. The van der Waals surface area contributed by atoms with Gasteiger partial charge in [0.1, 0.15) is 11.6 Å². The standard InChI is InChI=1S/C31H43FN4O2/c1-5-6-7-8-9-10-11-17-29(37)35(23-14-22-34(3)4)24(2)30-33-28-16-13-12-15-27(28)31(38)36(30)26-20-18-25(32)19-21-26/h12-13,15-16,18-21,24H,5-11,14,17,22-23H2,1-4H3. The summed E-state index contributed by atoms with van der Waals surface area (Å²) >= 11 is 0. The van der Waals surface area contributed by atoms with Crippen molar-refractivity contribution in [2.24, 2.45) is 0 Å². The zero-order chi connectivity index (χ0) is 27.5. The second-order valence-corrected chi connectivity index (χ2v) is 10.4. The van der Waals surface area contributed by atoms with E-state index >= 15 is 0 Å². The fraction of sp³-hybridized carbons (Fsp3) is 0.516. The first kappa shape index (κ1) is 29.5. The number of benzene rings is 2. The summed E-state index contributed by atoms with van der Waals surface area (Å²) in [5.74, 6) is 0.191. The number of unbranched alkanes of at least 4 members (excludes halogenated alkanes) is 6. The first-order chi connectivity index (χ1) is 18.3. The Labute approximate surface area is 226 Å². The number of amides is 1. The molecule has 1 unspecified atom stereocenters. The number of aromatic nitrogens is 2. The van der Waals surface area contributed by atoms with Crippen LogP contribution in [0.2, 0.25) is 0 Å². The van der Waals surface area contributed by atoms with Gasteiger partial charge >= 0.3 is 0 Å². The van der Waals surface area contributed by atoms with Crippen molar-refractivity contribution >= 4 is 16.8 Å². The second-order valence-electron chi connectivity index (χ2n) is 10.4. The molecule has 38 heavy (non-hydrogen) atoms. The van der Waals surface area contributed by atoms with Crippen LogP contribution in [0, 0.1) is 5.82 Å². The van der Waals surface area contributed by atoms with Crippen LogP contribution < -0.4 is 5.56 Å². The lowest BCUT2D eigenvalue weighted by atomic mass is 10.1. The van der Waals surface area contributed by atoms with Gasteiger partial charge in [-0.2, -0.15) is 0 Å². The fourth-order valence-electron chi connectivity index (χ4n) is 4.88. The molecule has 3 aromatic rings. The number of halogens is 1. The molecule has 0 aliphatic carbocycles. The van der Waals surface area contributed by atoms with Crippen LogP contribution in [0.15, 0.2) is 53.3 Å². The molecular weight excluding hydrogens is 479 g/mol. The van der Waals surface area contributed by atoms with Crippen molar-refractivity contribution < 1.29 is 9.18 Å². The van der Waals surface area contributed by atoms with E-state index in [9.17, 15) is 14.0 Å². The number of nitrogens with zero attached hydrogens (tertiary/aromatic N) is 4. The molecule has 3 rings (SSSR count). The topological polar surface area (TPSA) is 58.4 Å². The van der Waals surface area contributed by atoms with Crippen molar-refractivity contribution in [3.05, 3.63) is 70.5 Å². The zero-order valence-corrected chi connectivity index (χ0v) is 23.5. The third kappa shape index (κ3) is 7.97. The van der Waals surface area contributed by atoms with Gasteiger partial charge in [0.2, 0.25) is 5.91 Å². The molecule has 0 N–H and O–H groups in total. The summed E-state index contributed by atoms with van der Waals surface area (Å²) in [6, 6.07) is 12.6. The molecule has 0 saturated heterocycles. The van der Waals surface area contributed by atoms with Gasteiger partial charge in [0.15, 0.2) is 0 Å². The summed E-state index contributed by atoms with van der Waals surface area (Å²) in [7, 11) is 4.04. The van der Waals surface area contributed by atoms with Gasteiger partial charge in [-0.1, -0.05) is 57.6 Å². The van der Waals surface area contributed by atoms with Crippen molar-refractivity contribution in [1.29, 1.82) is 0 Å². The minimum absolute atomic E-state index is 0.0814. The third-order valence-corrected chi connectivity index (χ3v) is 7.05. The van der Waals surface area contributed by atoms with Crippen LogP contribution >= 0.6 is 0 Å². The summed E-state index contributed by atoms with van der Waals surface area (Å²) in [6.07, 6.45) is 9.32. The van der Waals surface area contributed by atoms with Crippen LogP contribution in [0.1, 0.15) is 83.5 Å². The molecule has 1 amide bonds. The molecule has 206 valence electrons. The molecular formula is C31H43FN4O2. The molecule has 0 saturated carbocycles. The van der Waals surface area contributed by atoms with E-state index in [1.807, 2.05) is 44.1 Å². The number of carbonyl (C=O) groups is 1. The predicted octanol–water partition coefficient (Wildman–Crippen LogP) is 6.51. The van der Waals surface area contributed by atoms with Gasteiger partial charge < -0.3 is 9.80 Å². The van der Waals surface area contributed by atoms with Crippen molar-refractivity contribution in [2.45, 2.75) is 77.7 Å². The van der Waals surface area contributed by atoms with Crippen molar-refractivity contribution in [3.8, 4) is 5.69 Å². The molecule has 7 heteroatoms. The normalized spacial score (nSPS) is 12.3. The number of fused-ring (bicyclic) bond motifs is 1. The van der Waals surface area contributed by atoms with Gasteiger partial charge in [-0.3, -0.25) is 14.2 Å². The predicted molar refractivity (Wildman–Crippen MR) is 153 cm³/mol. The van der Waals surface area contributed by atoms with Gasteiger partial charge in [0, 0.05) is 13.0 Å². The highest BCUT2D eigenvalue weighted by atomic mass is 19.1. The summed E-state index contributed by atoms with van der Waals surface area (Å²) in [5.41, 5.74) is 0.895.